The number of amides is 3. The van der Waals surface area contributed by atoms with Crippen LogP contribution in [0.4, 0.5) is 11.5 Å². The Morgan fingerprint density at radius 1 is 1.15 bits per heavy atom. The lowest BCUT2D eigenvalue weighted by Gasteiger charge is -2.35. The molecule has 0 radical (unpaired) electrons. The number of likely N-dealkylation sites (tertiary alicyclic amines) is 1. The lowest BCUT2D eigenvalue weighted by Crippen LogP contribution is -2.42. The first-order valence-electron chi connectivity index (χ1n) is 11.2. The van der Waals surface area contributed by atoms with Crippen molar-refractivity contribution in [3.63, 3.8) is 0 Å². The normalized spacial score (nSPS) is 19.1. The average Bonchev–Trinajstić information content (AvgIpc) is 3.16. The topological polar surface area (TPSA) is 105 Å². The van der Waals surface area contributed by atoms with Gasteiger partial charge in [-0.05, 0) is 56.7 Å². The standard InChI is InChI=1S/C24H32N4O4S/c1-14-8-15(2)12-28(11-14)24(31)19-7-6-16(3)20(10-19)25-22(29)13-33-18(5)23(30)26-21-9-17(4)32-27-21/h6-7,9-10,14-15,18H,8,11-13H2,1-5H3,(H,25,29)(H,26,27,30). The van der Waals surface area contributed by atoms with Crippen LogP contribution in [0.3, 0.4) is 0 Å². The predicted octanol–water partition coefficient (Wildman–Crippen LogP) is 4.11. The Balaban J connectivity index is 1.55. The second kappa shape index (κ2) is 10.9. The van der Waals surface area contributed by atoms with E-state index in [1.165, 1.54) is 11.8 Å². The number of nitrogens with one attached hydrogen (secondary N) is 2. The number of piperidine rings is 1. The highest BCUT2D eigenvalue weighted by Gasteiger charge is 2.26. The first-order valence-corrected chi connectivity index (χ1v) is 12.2. The summed E-state index contributed by atoms with van der Waals surface area (Å²) in [4.78, 5) is 39.8. The van der Waals surface area contributed by atoms with E-state index in [9.17, 15) is 14.4 Å². The van der Waals surface area contributed by atoms with E-state index >= 15 is 0 Å². The van der Waals surface area contributed by atoms with E-state index in [2.05, 4.69) is 29.6 Å². The highest BCUT2D eigenvalue weighted by molar-refractivity contribution is 8.01. The average molecular weight is 473 g/mol. The summed E-state index contributed by atoms with van der Waals surface area (Å²) < 4.78 is 4.93. The number of carbonyl (C=O) groups excluding carboxylic acids is 3. The largest absolute Gasteiger partial charge is 0.360 e. The molecule has 1 aromatic heterocycles. The number of aryl methyl sites for hydroxylation is 2. The molecule has 33 heavy (non-hydrogen) atoms. The molecule has 0 saturated carbocycles. The molecule has 1 aliphatic rings. The van der Waals surface area contributed by atoms with Crippen LogP contribution in [0.15, 0.2) is 28.8 Å². The van der Waals surface area contributed by atoms with Gasteiger partial charge in [0, 0.05) is 30.4 Å². The fraction of sp³-hybridized carbons (Fsp3) is 0.500. The highest BCUT2D eigenvalue weighted by Crippen LogP contribution is 2.25. The summed E-state index contributed by atoms with van der Waals surface area (Å²) >= 11 is 1.22. The van der Waals surface area contributed by atoms with Crippen LogP contribution in [0.5, 0.6) is 0 Å². The summed E-state index contributed by atoms with van der Waals surface area (Å²) in [6, 6.07) is 7.03. The van der Waals surface area contributed by atoms with Crippen molar-refractivity contribution in [1.29, 1.82) is 0 Å². The number of anilines is 2. The predicted molar refractivity (Wildman–Crippen MR) is 130 cm³/mol. The number of carbonyl (C=O) groups is 3. The lowest BCUT2D eigenvalue weighted by atomic mass is 9.91. The maximum atomic E-state index is 13.0. The molecule has 178 valence electrons. The third-order valence-corrected chi connectivity index (χ3v) is 6.77. The molecule has 1 saturated heterocycles. The number of aromatic nitrogens is 1. The van der Waals surface area contributed by atoms with Gasteiger partial charge >= 0.3 is 0 Å². The molecule has 1 fully saturated rings. The third kappa shape index (κ3) is 6.83. The van der Waals surface area contributed by atoms with Crippen LogP contribution >= 0.6 is 11.8 Å². The molecule has 0 aliphatic carbocycles. The Hall–Kier alpha value is -2.81. The van der Waals surface area contributed by atoms with Gasteiger partial charge in [-0.15, -0.1) is 11.8 Å². The first kappa shape index (κ1) is 24.8. The van der Waals surface area contributed by atoms with Crippen molar-refractivity contribution < 1.29 is 18.9 Å². The summed E-state index contributed by atoms with van der Waals surface area (Å²) in [5.74, 6) is 1.52. The Bertz CT molecular complexity index is 1010. The van der Waals surface area contributed by atoms with Gasteiger partial charge < -0.3 is 20.1 Å². The van der Waals surface area contributed by atoms with Crippen molar-refractivity contribution in [2.24, 2.45) is 11.8 Å². The minimum atomic E-state index is -0.454. The quantitative estimate of drug-likeness (QED) is 0.628. The van der Waals surface area contributed by atoms with E-state index < -0.39 is 5.25 Å². The zero-order chi connectivity index (χ0) is 24.1. The monoisotopic (exact) mass is 472 g/mol. The van der Waals surface area contributed by atoms with Crippen molar-refractivity contribution in [2.45, 2.75) is 46.3 Å². The summed E-state index contributed by atoms with van der Waals surface area (Å²) in [6.45, 7) is 11.2. The second-order valence-electron chi connectivity index (χ2n) is 9.00. The lowest BCUT2D eigenvalue weighted by molar-refractivity contribution is -0.115. The Morgan fingerprint density at radius 2 is 1.85 bits per heavy atom. The molecule has 0 spiro atoms. The fourth-order valence-electron chi connectivity index (χ4n) is 4.02. The number of hydrogen-bond donors (Lipinski definition) is 2. The molecule has 1 aromatic carbocycles. The SMILES string of the molecule is Cc1cc(NC(=O)C(C)SCC(=O)Nc2cc(C(=O)N3CC(C)CC(C)C3)ccc2C)no1. The zero-order valence-corrected chi connectivity index (χ0v) is 20.6. The number of rotatable bonds is 7. The Morgan fingerprint density at radius 3 is 2.48 bits per heavy atom. The summed E-state index contributed by atoms with van der Waals surface area (Å²) in [6.07, 6.45) is 1.13. The summed E-state index contributed by atoms with van der Waals surface area (Å²) in [5.41, 5.74) is 2.05. The van der Waals surface area contributed by atoms with Crippen LogP contribution in [-0.4, -0.2) is 51.9 Å². The highest BCUT2D eigenvalue weighted by atomic mass is 32.2. The Kier molecular flexibility index (Phi) is 8.18. The van der Waals surface area contributed by atoms with Gasteiger partial charge in [-0.1, -0.05) is 25.1 Å². The van der Waals surface area contributed by atoms with Crippen LogP contribution < -0.4 is 10.6 Å². The van der Waals surface area contributed by atoms with Gasteiger partial charge in [0.05, 0.1) is 11.0 Å². The molecule has 3 atom stereocenters. The molecule has 9 heteroatoms. The van der Waals surface area contributed by atoms with Crippen LogP contribution in [0.2, 0.25) is 0 Å². The maximum absolute atomic E-state index is 13.0. The van der Waals surface area contributed by atoms with E-state index in [4.69, 9.17) is 4.52 Å². The molecule has 2 heterocycles. The summed E-state index contributed by atoms with van der Waals surface area (Å²) in [7, 11) is 0. The molecule has 0 bridgehead atoms. The van der Waals surface area contributed by atoms with E-state index in [1.54, 1.807) is 26.0 Å². The third-order valence-electron chi connectivity index (χ3n) is 5.63. The molecule has 8 nitrogen and oxygen atoms in total. The van der Waals surface area contributed by atoms with Gasteiger partial charge in [0.2, 0.25) is 11.8 Å². The molecule has 2 N–H and O–H groups in total. The first-order chi connectivity index (χ1) is 15.6. The van der Waals surface area contributed by atoms with E-state index in [0.717, 1.165) is 25.1 Å². The smallest absolute Gasteiger partial charge is 0.253 e. The van der Waals surface area contributed by atoms with Crippen molar-refractivity contribution in [3.05, 3.63) is 41.2 Å². The molecular formula is C24H32N4O4S. The van der Waals surface area contributed by atoms with Gasteiger partial charge in [0.25, 0.3) is 5.91 Å². The second-order valence-corrected chi connectivity index (χ2v) is 10.3. The van der Waals surface area contributed by atoms with Crippen LogP contribution in [-0.2, 0) is 9.59 Å². The van der Waals surface area contributed by atoms with Crippen molar-refractivity contribution in [1.82, 2.24) is 10.1 Å². The van der Waals surface area contributed by atoms with E-state index in [1.807, 2.05) is 24.0 Å². The molecule has 2 aromatic rings. The fourth-order valence-corrected chi connectivity index (χ4v) is 4.70. The van der Waals surface area contributed by atoms with Crippen LogP contribution in [0.25, 0.3) is 0 Å². The van der Waals surface area contributed by atoms with E-state index in [0.29, 0.717) is 34.7 Å². The zero-order valence-electron chi connectivity index (χ0n) is 19.8. The molecule has 1 aliphatic heterocycles. The van der Waals surface area contributed by atoms with Gasteiger partial charge in [0.1, 0.15) is 5.76 Å². The van der Waals surface area contributed by atoms with Gasteiger partial charge in [0.15, 0.2) is 5.82 Å². The van der Waals surface area contributed by atoms with Gasteiger partial charge in [-0.2, -0.15) is 0 Å². The minimum Gasteiger partial charge on any atom is -0.360 e. The van der Waals surface area contributed by atoms with Crippen LogP contribution in [0, 0.1) is 25.7 Å². The van der Waals surface area contributed by atoms with Gasteiger partial charge in [-0.3, -0.25) is 14.4 Å². The van der Waals surface area contributed by atoms with E-state index in [-0.39, 0.29) is 23.5 Å². The van der Waals surface area contributed by atoms with Gasteiger partial charge in [-0.25, -0.2) is 0 Å². The van der Waals surface area contributed by atoms with Crippen molar-refractivity contribution in [2.75, 3.05) is 29.5 Å². The van der Waals surface area contributed by atoms with Crippen molar-refractivity contribution >= 4 is 41.0 Å². The molecule has 3 unspecified atom stereocenters. The molecular weight excluding hydrogens is 440 g/mol. The number of thioether (sulfide) groups is 1. The number of nitrogens with zero attached hydrogens (tertiary/aromatic N) is 2. The van der Waals surface area contributed by atoms with Crippen LogP contribution in [0.1, 0.15) is 48.9 Å². The summed E-state index contributed by atoms with van der Waals surface area (Å²) in [5, 5.41) is 8.83. The number of benzene rings is 1. The maximum Gasteiger partial charge on any atom is 0.253 e. The number of hydrogen-bond acceptors (Lipinski definition) is 6. The van der Waals surface area contributed by atoms with Crippen molar-refractivity contribution in [3.8, 4) is 0 Å². The Labute approximate surface area is 198 Å². The molecule has 3 rings (SSSR count). The minimum absolute atomic E-state index is 0.00772. The molecule has 3 amide bonds.